The molecule has 0 unspecified atom stereocenters. The first-order valence-corrected chi connectivity index (χ1v) is 7.15. The molecule has 0 aliphatic rings. The summed E-state index contributed by atoms with van der Waals surface area (Å²) in [5.74, 6) is -0.280. The molecule has 5 nitrogen and oxygen atoms in total. The fourth-order valence-electron chi connectivity index (χ4n) is 2.33. The Morgan fingerprint density at radius 1 is 1.50 bits per heavy atom. The van der Waals surface area contributed by atoms with Gasteiger partial charge in [-0.05, 0) is 30.2 Å². The molecule has 1 aromatic heterocycles. The normalized spacial score (nSPS) is 10.6. The number of nitrogens with zero attached hydrogens (tertiary/aromatic N) is 1. The van der Waals surface area contributed by atoms with Crippen LogP contribution in [0, 0.1) is 5.82 Å². The molecule has 1 heterocycles. The number of nitrogens with one attached hydrogen (secondary N) is 2. The van der Waals surface area contributed by atoms with Crippen LogP contribution in [-0.4, -0.2) is 47.3 Å². The zero-order chi connectivity index (χ0) is 15.9. The van der Waals surface area contributed by atoms with Gasteiger partial charge in [0, 0.05) is 36.7 Å². The number of carbonyl (C=O) groups is 1. The highest BCUT2D eigenvalue weighted by molar-refractivity contribution is 5.83. The van der Waals surface area contributed by atoms with E-state index in [2.05, 4.69) is 16.9 Å². The molecular weight excluding hydrogens is 285 g/mol. The molecule has 2 aromatic rings. The molecule has 2 rings (SSSR count). The van der Waals surface area contributed by atoms with Crippen LogP contribution in [0.1, 0.15) is 5.56 Å². The van der Waals surface area contributed by atoms with Crippen molar-refractivity contribution in [2.45, 2.75) is 6.42 Å². The molecule has 22 heavy (non-hydrogen) atoms. The molecule has 1 aromatic carbocycles. The molecule has 3 N–H and O–H groups in total. The highest BCUT2D eigenvalue weighted by atomic mass is 19.1. The second-order valence-corrected chi connectivity index (χ2v) is 4.94. The Hall–Kier alpha value is -2.34. The number of aliphatic hydroxyl groups is 1. The molecular formula is C16H20FN3O2. The third kappa shape index (κ3) is 3.85. The maximum Gasteiger partial charge on any atom is 0.317 e. The summed E-state index contributed by atoms with van der Waals surface area (Å²) in [5.41, 5.74) is 1.82. The number of urea groups is 1. The van der Waals surface area contributed by atoms with Gasteiger partial charge < -0.3 is 20.3 Å². The van der Waals surface area contributed by atoms with Crippen molar-refractivity contribution in [1.29, 1.82) is 0 Å². The summed E-state index contributed by atoms with van der Waals surface area (Å²) in [4.78, 5) is 16.5. The Labute approximate surface area is 128 Å². The van der Waals surface area contributed by atoms with Crippen LogP contribution in [-0.2, 0) is 6.42 Å². The van der Waals surface area contributed by atoms with Crippen LogP contribution in [0.5, 0.6) is 0 Å². The molecule has 0 aliphatic heterocycles. The van der Waals surface area contributed by atoms with Crippen molar-refractivity contribution in [3.63, 3.8) is 0 Å². The van der Waals surface area contributed by atoms with E-state index in [4.69, 9.17) is 5.11 Å². The molecule has 0 fully saturated rings. The number of amides is 2. The van der Waals surface area contributed by atoms with E-state index in [0.717, 1.165) is 16.5 Å². The van der Waals surface area contributed by atoms with Gasteiger partial charge in [-0.15, -0.1) is 6.58 Å². The predicted molar refractivity (Wildman–Crippen MR) is 84.2 cm³/mol. The summed E-state index contributed by atoms with van der Waals surface area (Å²) < 4.78 is 13.3. The van der Waals surface area contributed by atoms with Gasteiger partial charge in [-0.1, -0.05) is 6.08 Å². The predicted octanol–water partition coefficient (Wildman–Crippen LogP) is 2.04. The van der Waals surface area contributed by atoms with Gasteiger partial charge in [0.1, 0.15) is 5.82 Å². The van der Waals surface area contributed by atoms with E-state index in [1.165, 1.54) is 17.0 Å². The van der Waals surface area contributed by atoms with Crippen LogP contribution < -0.4 is 5.32 Å². The average Bonchev–Trinajstić information content (AvgIpc) is 2.89. The average molecular weight is 305 g/mol. The Balaban J connectivity index is 1.93. The number of aliphatic hydroxyl groups excluding tert-OH is 1. The van der Waals surface area contributed by atoms with Gasteiger partial charge in [-0.25, -0.2) is 9.18 Å². The number of H-pyrrole nitrogens is 1. The van der Waals surface area contributed by atoms with Crippen LogP contribution in [0.4, 0.5) is 9.18 Å². The van der Waals surface area contributed by atoms with Crippen molar-refractivity contribution >= 4 is 16.9 Å². The summed E-state index contributed by atoms with van der Waals surface area (Å²) in [7, 11) is 0. The van der Waals surface area contributed by atoms with E-state index in [1.54, 1.807) is 12.1 Å². The van der Waals surface area contributed by atoms with Crippen LogP contribution in [0.2, 0.25) is 0 Å². The quantitative estimate of drug-likeness (QED) is 0.685. The summed E-state index contributed by atoms with van der Waals surface area (Å²) >= 11 is 0. The molecule has 0 saturated heterocycles. The van der Waals surface area contributed by atoms with Gasteiger partial charge in [0.05, 0.1) is 6.61 Å². The summed E-state index contributed by atoms with van der Waals surface area (Å²) in [6, 6.07) is 4.34. The zero-order valence-corrected chi connectivity index (χ0v) is 12.3. The molecule has 118 valence electrons. The van der Waals surface area contributed by atoms with Crippen molar-refractivity contribution in [2.75, 3.05) is 26.2 Å². The maximum atomic E-state index is 13.3. The number of fused-ring (bicyclic) bond motifs is 1. The molecule has 0 aliphatic carbocycles. The van der Waals surface area contributed by atoms with Gasteiger partial charge in [-0.3, -0.25) is 0 Å². The van der Waals surface area contributed by atoms with Crippen molar-refractivity contribution in [3.05, 3.63) is 48.4 Å². The Morgan fingerprint density at radius 2 is 2.32 bits per heavy atom. The Bertz CT molecular complexity index is 654. The molecule has 6 heteroatoms. The molecule has 0 bridgehead atoms. The summed E-state index contributed by atoms with van der Waals surface area (Å²) in [5, 5.41) is 12.6. The zero-order valence-electron chi connectivity index (χ0n) is 12.3. The number of aromatic nitrogens is 1. The largest absolute Gasteiger partial charge is 0.395 e. The first-order valence-electron chi connectivity index (χ1n) is 7.15. The van der Waals surface area contributed by atoms with Crippen molar-refractivity contribution < 1.29 is 14.3 Å². The van der Waals surface area contributed by atoms with Crippen molar-refractivity contribution in [1.82, 2.24) is 15.2 Å². The summed E-state index contributed by atoms with van der Waals surface area (Å²) in [6.07, 6.45) is 4.03. The number of aromatic amines is 1. The first kappa shape index (κ1) is 16.0. The smallest absolute Gasteiger partial charge is 0.317 e. The van der Waals surface area contributed by atoms with Crippen LogP contribution >= 0.6 is 0 Å². The molecule has 0 saturated carbocycles. The second kappa shape index (κ2) is 7.61. The fraction of sp³-hybridized carbons (Fsp3) is 0.312. The molecule has 0 atom stereocenters. The highest BCUT2D eigenvalue weighted by Gasteiger charge is 2.11. The maximum absolute atomic E-state index is 13.3. The Kier molecular flexibility index (Phi) is 5.55. The van der Waals surface area contributed by atoms with E-state index in [0.29, 0.717) is 19.5 Å². The molecule has 0 radical (unpaired) electrons. The SMILES string of the molecule is C=CCN(CCO)C(=O)NCCc1c[nH]c2ccc(F)cc12. The topological polar surface area (TPSA) is 68.4 Å². The van der Waals surface area contributed by atoms with E-state index in [9.17, 15) is 9.18 Å². The van der Waals surface area contributed by atoms with Gasteiger partial charge in [0.2, 0.25) is 0 Å². The third-order valence-corrected chi connectivity index (χ3v) is 3.41. The van der Waals surface area contributed by atoms with Gasteiger partial charge in [-0.2, -0.15) is 0 Å². The minimum Gasteiger partial charge on any atom is -0.395 e. The minimum absolute atomic E-state index is 0.0943. The number of rotatable bonds is 7. The van der Waals surface area contributed by atoms with Gasteiger partial charge >= 0.3 is 6.03 Å². The van der Waals surface area contributed by atoms with Crippen LogP contribution in [0.3, 0.4) is 0 Å². The minimum atomic E-state index is -0.280. The van der Waals surface area contributed by atoms with E-state index in [-0.39, 0.29) is 25.0 Å². The van der Waals surface area contributed by atoms with E-state index in [1.807, 2.05) is 6.20 Å². The number of benzene rings is 1. The van der Waals surface area contributed by atoms with Crippen LogP contribution in [0.25, 0.3) is 10.9 Å². The third-order valence-electron chi connectivity index (χ3n) is 3.41. The lowest BCUT2D eigenvalue weighted by atomic mass is 10.1. The van der Waals surface area contributed by atoms with Crippen molar-refractivity contribution in [2.24, 2.45) is 0 Å². The molecule has 2 amide bonds. The van der Waals surface area contributed by atoms with Gasteiger partial charge in [0.15, 0.2) is 0 Å². The first-order chi connectivity index (χ1) is 10.7. The lowest BCUT2D eigenvalue weighted by Crippen LogP contribution is -2.42. The standard InChI is InChI=1S/C16H20FN3O2/c1-2-7-20(8-9-21)16(22)18-6-5-12-11-19-15-4-3-13(17)10-14(12)15/h2-4,10-11,19,21H,1,5-9H2,(H,18,22). The van der Waals surface area contributed by atoms with Crippen molar-refractivity contribution in [3.8, 4) is 0 Å². The molecule has 0 spiro atoms. The number of hydrogen-bond acceptors (Lipinski definition) is 2. The van der Waals surface area contributed by atoms with E-state index >= 15 is 0 Å². The Morgan fingerprint density at radius 3 is 3.05 bits per heavy atom. The van der Waals surface area contributed by atoms with Crippen LogP contribution in [0.15, 0.2) is 37.1 Å². The second-order valence-electron chi connectivity index (χ2n) is 4.94. The lowest BCUT2D eigenvalue weighted by molar-refractivity contribution is 0.184. The number of hydrogen-bond donors (Lipinski definition) is 3. The van der Waals surface area contributed by atoms with E-state index < -0.39 is 0 Å². The van der Waals surface area contributed by atoms with Gasteiger partial charge in [0.25, 0.3) is 0 Å². The lowest BCUT2D eigenvalue weighted by Gasteiger charge is -2.20. The highest BCUT2D eigenvalue weighted by Crippen LogP contribution is 2.19. The summed E-state index contributed by atoms with van der Waals surface area (Å²) in [6.45, 7) is 4.56. The number of carbonyl (C=O) groups excluding carboxylic acids is 1. The fourth-order valence-corrected chi connectivity index (χ4v) is 2.33. The number of halogens is 1. The monoisotopic (exact) mass is 305 g/mol.